The number of thiocarbonyl (C=S) groups is 1. The lowest BCUT2D eigenvalue weighted by molar-refractivity contribution is 0.0601. The molecule has 4 nitrogen and oxygen atoms in total. The van der Waals surface area contributed by atoms with E-state index in [4.69, 9.17) is 17.0 Å². The van der Waals surface area contributed by atoms with Crippen LogP contribution in [0, 0.1) is 5.92 Å². The van der Waals surface area contributed by atoms with Gasteiger partial charge in [0.1, 0.15) is 5.00 Å². The summed E-state index contributed by atoms with van der Waals surface area (Å²) in [5, 5.41) is 7.96. The van der Waals surface area contributed by atoms with Crippen molar-refractivity contribution in [2.75, 3.05) is 19.0 Å². The van der Waals surface area contributed by atoms with E-state index in [9.17, 15) is 4.79 Å². The summed E-state index contributed by atoms with van der Waals surface area (Å²) in [4.78, 5) is 13.4. The fraction of sp³-hybridized carbons (Fsp3) is 0.667. The van der Waals surface area contributed by atoms with Gasteiger partial charge in [0.15, 0.2) is 5.11 Å². The van der Waals surface area contributed by atoms with E-state index < -0.39 is 0 Å². The third-order valence-electron chi connectivity index (χ3n) is 4.63. The first kappa shape index (κ1) is 19.2. The van der Waals surface area contributed by atoms with Gasteiger partial charge < -0.3 is 15.4 Å². The van der Waals surface area contributed by atoms with Crippen molar-refractivity contribution in [3.63, 3.8) is 0 Å². The Bertz CT molecular complexity index is 584. The van der Waals surface area contributed by atoms with Crippen LogP contribution in [0.1, 0.15) is 66.8 Å². The molecule has 1 aromatic rings. The van der Waals surface area contributed by atoms with Crippen molar-refractivity contribution in [1.29, 1.82) is 0 Å². The normalized spacial score (nSPS) is 14.1. The number of rotatable bonds is 8. The Morgan fingerprint density at radius 2 is 2.17 bits per heavy atom. The van der Waals surface area contributed by atoms with Crippen LogP contribution >= 0.6 is 23.6 Å². The predicted molar refractivity (Wildman–Crippen MR) is 105 cm³/mol. The van der Waals surface area contributed by atoms with E-state index in [1.165, 1.54) is 31.2 Å². The van der Waals surface area contributed by atoms with Gasteiger partial charge in [-0.05, 0) is 49.4 Å². The molecule has 1 aliphatic carbocycles. The molecule has 1 aromatic heterocycles. The minimum atomic E-state index is -0.269. The lowest BCUT2D eigenvalue weighted by Gasteiger charge is -2.17. The average Bonchev–Trinajstić information content (AvgIpc) is 3.15. The van der Waals surface area contributed by atoms with Gasteiger partial charge in [0, 0.05) is 11.4 Å². The van der Waals surface area contributed by atoms with Crippen LogP contribution in [-0.2, 0) is 17.6 Å². The zero-order valence-electron chi connectivity index (χ0n) is 14.9. The lowest BCUT2D eigenvalue weighted by atomic mass is 9.99. The Morgan fingerprint density at radius 3 is 2.83 bits per heavy atom. The molecule has 0 aromatic carbocycles. The van der Waals surface area contributed by atoms with Crippen LogP contribution in [0.3, 0.4) is 0 Å². The van der Waals surface area contributed by atoms with Crippen LogP contribution in [0.25, 0.3) is 0 Å². The van der Waals surface area contributed by atoms with Crippen LogP contribution in [0.2, 0.25) is 0 Å². The lowest BCUT2D eigenvalue weighted by Crippen LogP contribution is -2.33. The number of aryl methyl sites for hydroxylation is 1. The molecule has 2 rings (SSSR count). The number of nitrogens with one attached hydrogen (secondary N) is 2. The van der Waals surface area contributed by atoms with Gasteiger partial charge in [0.05, 0.1) is 12.7 Å². The van der Waals surface area contributed by atoms with E-state index >= 15 is 0 Å². The fourth-order valence-electron chi connectivity index (χ4n) is 3.14. The second-order valence-electron chi connectivity index (χ2n) is 6.30. The van der Waals surface area contributed by atoms with Crippen LogP contribution in [-0.4, -0.2) is 24.7 Å². The molecule has 0 aliphatic heterocycles. The second kappa shape index (κ2) is 9.37. The summed E-state index contributed by atoms with van der Waals surface area (Å²) in [6.07, 6.45) is 7.96. The highest BCUT2D eigenvalue weighted by Gasteiger charge is 2.27. The highest BCUT2D eigenvalue weighted by molar-refractivity contribution is 7.80. The summed E-state index contributed by atoms with van der Waals surface area (Å²) in [5.41, 5.74) is 1.82. The number of anilines is 1. The van der Waals surface area contributed by atoms with Gasteiger partial charge in [-0.2, -0.15) is 0 Å². The topological polar surface area (TPSA) is 50.4 Å². The molecule has 24 heavy (non-hydrogen) atoms. The Balaban J connectivity index is 1.98. The van der Waals surface area contributed by atoms with Crippen molar-refractivity contribution in [2.24, 2.45) is 5.92 Å². The quantitative estimate of drug-likeness (QED) is 0.522. The Morgan fingerprint density at radius 1 is 1.38 bits per heavy atom. The van der Waals surface area contributed by atoms with Gasteiger partial charge in [-0.3, -0.25) is 0 Å². The molecule has 1 heterocycles. The molecule has 1 aliphatic rings. The highest BCUT2D eigenvalue weighted by atomic mass is 32.1. The summed E-state index contributed by atoms with van der Waals surface area (Å²) < 4.78 is 4.97. The standard InChI is InChI=1S/C18H28N2O2S2/c1-4-6-8-12(5-2)11-19-18(23)20-16-15(17(21)22-3)13-9-7-10-14(13)24-16/h12H,4-11H2,1-3H3,(H2,19,20,23). The maximum absolute atomic E-state index is 12.1. The van der Waals surface area contributed by atoms with Crippen molar-refractivity contribution >= 4 is 39.6 Å². The minimum absolute atomic E-state index is 0.269. The number of methoxy groups -OCH3 is 1. The third-order valence-corrected chi connectivity index (χ3v) is 6.09. The number of carbonyl (C=O) groups is 1. The van der Waals surface area contributed by atoms with E-state index in [1.54, 1.807) is 11.3 Å². The maximum atomic E-state index is 12.1. The smallest absolute Gasteiger partial charge is 0.341 e. The van der Waals surface area contributed by atoms with Gasteiger partial charge in [0.2, 0.25) is 0 Å². The van der Waals surface area contributed by atoms with Crippen LogP contribution in [0.5, 0.6) is 0 Å². The number of hydrogen-bond acceptors (Lipinski definition) is 4. The number of ether oxygens (including phenoxy) is 1. The van der Waals surface area contributed by atoms with Crippen LogP contribution in [0.15, 0.2) is 0 Å². The fourth-order valence-corrected chi connectivity index (χ4v) is 4.67. The summed E-state index contributed by atoms with van der Waals surface area (Å²) in [5.74, 6) is 0.368. The van der Waals surface area contributed by atoms with E-state index in [0.29, 0.717) is 16.6 Å². The van der Waals surface area contributed by atoms with Gasteiger partial charge in [-0.15, -0.1) is 11.3 Å². The maximum Gasteiger partial charge on any atom is 0.341 e. The summed E-state index contributed by atoms with van der Waals surface area (Å²) in [7, 11) is 1.43. The molecule has 0 radical (unpaired) electrons. The van der Waals surface area contributed by atoms with Crippen molar-refractivity contribution < 1.29 is 9.53 Å². The Labute approximate surface area is 154 Å². The van der Waals surface area contributed by atoms with Crippen molar-refractivity contribution in [3.05, 3.63) is 16.0 Å². The molecule has 0 bridgehead atoms. The van der Waals surface area contributed by atoms with Crippen LogP contribution < -0.4 is 10.6 Å². The molecule has 2 N–H and O–H groups in total. The van der Waals surface area contributed by atoms with Crippen LogP contribution in [0.4, 0.5) is 5.00 Å². The predicted octanol–water partition coefficient (Wildman–Crippen LogP) is 4.53. The van der Waals surface area contributed by atoms with E-state index in [0.717, 1.165) is 42.8 Å². The Hall–Kier alpha value is -1.14. The first-order valence-electron chi connectivity index (χ1n) is 8.88. The van der Waals surface area contributed by atoms with Gasteiger partial charge in [-0.25, -0.2) is 4.79 Å². The molecule has 0 fully saturated rings. The molecule has 0 amide bonds. The molecular weight excluding hydrogens is 340 g/mol. The number of carbonyl (C=O) groups excluding carboxylic acids is 1. The molecule has 0 saturated heterocycles. The summed E-state index contributed by atoms with van der Waals surface area (Å²) in [6.45, 7) is 5.31. The molecule has 0 spiro atoms. The van der Waals surface area contributed by atoms with Crippen molar-refractivity contribution in [1.82, 2.24) is 5.32 Å². The zero-order valence-corrected chi connectivity index (χ0v) is 16.5. The van der Waals surface area contributed by atoms with Gasteiger partial charge in [0.25, 0.3) is 0 Å². The minimum Gasteiger partial charge on any atom is -0.465 e. The monoisotopic (exact) mass is 368 g/mol. The number of fused-ring (bicyclic) bond motifs is 1. The Kier molecular flexibility index (Phi) is 7.49. The third kappa shape index (κ3) is 4.70. The molecule has 1 atom stereocenters. The number of thiophene rings is 1. The molecule has 0 saturated carbocycles. The number of hydrogen-bond donors (Lipinski definition) is 2. The van der Waals surface area contributed by atoms with Gasteiger partial charge >= 0.3 is 5.97 Å². The van der Waals surface area contributed by atoms with Crippen molar-refractivity contribution in [3.8, 4) is 0 Å². The zero-order chi connectivity index (χ0) is 17.5. The van der Waals surface area contributed by atoms with E-state index in [2.05, 4.69) is 24.5 Å². The first-order valence-corrected chi connectivity index (χ1v) is 10.1. The molecule has 6 heteroatoms. The average molecular weight is 369 g/mol. The summed E-state index contributed by atoms with van der Waals surface area (Å²) in [6, 6.07) is 0. The number of esters is 1. The largest absolute Gasteiger partial charge is 0.465 e. The van der Waals surface area contributed by atoms with E-state index in [-0.39, 0.29) is 5.97 Å². The molecular formula is C18H28N2O2S2. The molecule has 134 valence electrons. The molecule has 1 unspecified atom stereocenters. The summed E-state index contributed by atoms with van der Waals surface area (Å²) >= 11 is 7.07. The number of unbranched alkanes of at least 4 members (excludes halogenated alkanes) is 1. The van der Waals surface area contributed by atoms with Gasteiger partial charge in [-0.1, -0.05) is 33.1 Å². The SMILES string of the molecule is CCCCC(CC)CNC(=S)Nc1sc2c(c1C(=O)OC)CCC2. The van der Waals surface area contributed by atoms with E-state index in [1.807, 2.05) is 0 Å². The van der Waals surface area contributed by atoms with Crippen molar-refractivity contribution in [2.45, 2.75) is 58.8 Å². The first-order chi connectivity index (χ1) is 11.6. The second-order valence-corrected chi connectivity index (χ2v) is 7.82. The highest BCUT2D eigenvalue weighted by Crippen LogP contribution is 2.39.